The molecule has 3 rings (SSSR count). The van der Waals surface area contributed by atoms with Gasteiger partial charge in [-0.3, -0.25) is 0 Å². The fourth-order valence-electron chi connectivity index (χ4n) is 3.78. The minimum absolute atomic E-state index is 0.0648. The van der Waals surface area contributed by atoms with Crippen molar-refractivity contribution in [3.05, 3.63) is 109 Å². The van der Waals surface area contributed by atoms with Crippen molar-refractivity contribution in [1.82, 2.24) is 0 Å². The number of unbranched alkanes of at least 4 members (excludes halogenated alkanes) is 2. The van der Waals surface area contributed by atoms with E-state index in [-0.39, 0.29) is 41.4 Å². The molecule has 1 N–H and O–H groups in total. The van der Waals surface area contributed by atoms with Crippen LogP contribution in [0.5, 0.6) is 23.0 Å². The van der Waals surface area contributed by atoms with Crippen LogP contribution >= 0.6 is 0 Å². The molecule has 0 bridgehead atoms. The highest BCUT2D eigenvalue weighted by atomic mass is 16.5. The molecule has 12 nitrogen and oxygen atoms in total. The van der Waals surface area contributed by atoms with E-state index < -0.39 is 29.8 Å². The summed E-state index contributed by atoms with van der Waals surface area (Å²) >= 11 is 0. The zero-order chi connectivity index (χ0) is 34.0. The van der Waals surface area contributed by atoms with Gasteiger partial charge in [-0.2, -0.15) is 0 Å². The van der Waals surface area contributed by atoms with Crippen LogP contribution in [0.4, 0.5) is 0 Å². The second kappa shape index (κ2) is 18.8. The molecule has 12 heteroatoms. The van der Waals surface area contributed by atoms with Crippen LogP contribution in [-0.2, 0) is 19.1 Å². The fourth-order valence-corrected chi connectivity index (χ4v) is 3.78. The van der Waals surface area contributed by atoms with E-state index in [0.29, 0.717) is 50.4 Å². The van der Waals surface area contributed by atoms with Gasteiger partial charge in [0.15, 0.2) is 0 Å². The smallest absolute Gasteiger partial charge is 0.343 e. The van der Waals surface area contributed by atoms with Gasteiger partial charge in [0.05, 0.1) is 37.6 Å². The molecule has 0 aliphatic carbocycles. The third-order valence-corrected chi connectivity index (χ3v) is 6.21. The summed E-state index contributed by atoms with van der Waals surface area (Å²) in [5.41, 5.74) is -0.0325. The predicted octanol–water partition coefficient (Wildman–Crippen LogP) is 5.60. The number of hydrogen-bond donors (Lipinski definition) is 1. The van der Waals surface area contributed by atoms with E-state index in [2.05, 4.69) is 13.2 Å². The number of aromatic carboxylic acids is 1. The van der Waals surface area contributed by atoms with Crippen molar-refractivity contribution in [1.29, 1.82) is 0 Å². The first kappa shape index (κ1) is 35.6. The molecule has 0 spiro atoms. The van der Waals surface area contributed by atoms with Crippen LogP contribution in [0.1, 0.15) is 56.8 Å². The summed E-state index contributed by atoms with van der Waals surface area (Å²) in [6.45, 7) is 7.91. The van der Waals surface area contributed by atoms with Crippen LogP contribution in [0, 0.1) is 0 Å². The van der Waals surface area contributed by atoms with Crippen LogP contribution in [0.2, 0.25) is 0 Å². The van der Waals surface area contributed by atoms with Crippen molar-refractivity contribution in [3.8, 4) is 23.0 Å². The summed E-state index contributed by atoms with van der Waals surface area (Å²) < 4.78 is 31.7. The molecule has 0 unspecified atom stereocenters. The quantitative estimate of drug-likeness (QED) is 0.0744. The van der Waals surface area contributed by atoms with Gasteiger partial charge in [0.1, 0.15) is 28.6 Å². The molecule has 3 aromatic carbocycles. The maximum atomic E-state index is 12.7. The van der Waals surface area contributed by atoms with Crippen molar-refractivity contribution >= 4 is 29.8 Å². The van der Waals surface area contributed by atoms with Crippen molar-refractivity contribution in [2.75, 3.05) is 26.4 Å². The van der Waals surface area contributed by atoms with E-state index in [4.69, 9.17) is 28.4 Å². The van der Waals surface area contributed by atoms with E-state index in [9.17, 15) is 29.1 Å². The molecule has 0 aliphatic rings. The van der Waals surface area contributed by atoms with Crippen LogP contribution in [0.25, 0.3) is 0 Å². The first-order valence-corrected chi connectivity index (χ1v) is 14.6. The van der Waals surface area contributed by atoms with Gasteiger partial charge >= 0.3 is 29.8 Å². The molecule has 0 aliphatic heterocycles. The Bertz CT molecular complexity index is 1560. The highest BCUT2D eigenvalue weighted by Crippen LogP contribution is 2.27. The maximum Gasteiger partial charge on any atom is 0.343 e. The lowest BCUT2D eigenvalue weighted by molar-refractivity contribution is -0.138. The largest absolute Gasteiger partial charge is 0.494 e. The molecule has 246 valence electrons. The van der Waals surface area contributed by atoms with Crippen molar-refractivity contribution in [3.63, 3.8) is 0 Å². The zero-order valence-electron chi connectivity index (χ0n) is 25.5. The lowest BCUT2D eigenvalue weighted by Crippen LogP contribution is -2.13. The molecule has 3 aromatic rings. The summed E-state index contributed by atoms with van der Waals surface area (Å²) in [5.74, 6) is -3.17. The number of carboxylic acid groups (broad SMARTS) is 1. The fraction of sp³-hybridized carbons (Fsp3) is 0.229. The van der Waals surface area contributed by atoms with E-state index >= 15 is 0 Å². The second-order valence-electron chi connectivity index (χ2n) is 9.65. The van der Waals surface area contributed by atoms with Gasteiger partial charge in [0.25, 0.3) is 0 Å². The number of rotatable bonds is 19. The highest BCUT2D eigenvalue weighted by molar-refractivity contribution is 5.96. The third kappa shape index (κ3) is 12.2. The molecule has 0 radical (unpaired) electrons. The molecule has 0 amide bonds. The number of carboxylic acids is 1. The van der Waals surface area contributed by atoms with E-state index in [0.717, 1.165) is 18.2 Å². The monoisotopic (exact) mass is 646 g/mol. The topological polar surface area (TPSA) is 161 Å². The first-order chi connectivity index (χ1) is 22.7. The van der Waals surface area contributed by atoms with Crippen LogP contribution in [0.3, 0.4) is 0 Å². The van der Waals surface area contributed by atoms with Crippen LogP contribution < -0.4 is 18.9 Å². The van der Waals surface area contributed by atoms with Crippen molar-refractivity contribution < 1.29 is 57.5 Å². The average Bonchev–Trinajstić information content (AvgIpc) is 3.08. The maximum absolute atomic E-state index is 12.7. The number of ether oxygens (including phenoxy) is 6. The first-order valence-electron chi connectivity index (χ1n) is 14.6. The summed E-state index contributed by atoms with van der Waals surface area (Å²) in [5, 5.41) is 9.71. The SMILES string of the molecule is C=CC(=O)OCCCCOc1ccc(C(=O)Oc2ccc(OC(=O)c3ccc(OCCCCOC(=O)C=C)cc3)c(C(=O)O)c2)cc1. The van der Waals surface area contributed by atoms with Gasteiger partial charge in [-0.25, -0.2) is 24.0 Å². The minimum atomic E-state index is -1.39. The summed E-state index contributed by atoms with van der Waals surface area (Å²) in [6.07, 6.45) is 4.70. The molecule has 0 fully saturated rings. The Kier molecular flexibility index (Phi) is 14.2. The minimum Gasteiger partial charge on any atom is -0.494 e. The van der Waals surface area contributed by atoms with Gasteiger partial charge in [-0.1, -0.05) is 13.2 Å². The number of benzene rings is 3. The van der Waals surface area contributed by atoms with Gasteiger partial charge in [-0.05, 0) is 92.4 Å². The second-order valence-corrected chi connectivity index (χ2v) is 9.65. The summed E-state index contributed by atoms with van der Waals surface area (Å²) in [7, 11) is 0. The van der Waals surface area contributed by atoms with Crippen LogP contribution in [-0.4, -0.2) is 61.4 Å². The Balaban J connectivity index is 1.49. The zero-order valence-corrected chi connectivity index (χ0v) is 25.5. The Morgan fingerprint density at radius 2 is 1.00 bits per heavy atom. The molecular weight excluding hydrogens is 612 g/mol. The van der Waals surface area contributed by atoms with Gasteiger partial charge in [0.2, 0.25) is 0 Å². The standard InChI is InChI=1S/C35H34O12/c1-3-31(36)44-21-7-5-19-42-26-13-9-24(10-14-26)34(40)46-28-17-18-30(29(23-28)33(38)39)47-35(41)25-11-15-27(16-12-25)43-20-6-8-22-45-32(37)4-2/h3-4,9-18,23H,1-2,5-8,19-22H2,(H,38,39). The lowest BCUT2D eigenvalue weighted by Gasteiger charge is -2.11. The molecule has 47 heavy (non-hydrogen) atoms. The summed E-state index contributed by atoms with van der Waals surface area (Å²) in [4.78, 5) is 59.3. The lowest BCUT2D eigenvalue weighted by atomic mass is 10.1. The normalized spacial score (nSPS) is 10.2. The third-order valence-electron chi connectivity index (χ3n) is 6.21. The van der Waals surface area contributed by atoms with Gasteiger partial charge < -0.3 is 33.5 Å². The van der Waals surface area contributed by atoms with Gasteiger partial charge in [0, 0.05) is 12.2 Å². The highest BCUT2D eigenvalue weighted by Gasteiger charge is 2.19. The average molecular weight is 647 g/mol. The number of hydrogen-bond acceptors (Lipinski definition) is 11. The molecular formula is C35H34O12. The van der Waals surface area contributed by atoms with E-state index in [1.54, 1.807) is 24.3 Å². The van der Waals surface area contributed by atoms with Crippen molar-refractivity contribution in [2.45, 2.75) is 25.7 Å². The Morgan fingerprint density at radius 3 is 1.45 bits per heavy atom. The number of carbonyl (C=O) groups is 5. The van der Waals surface area contributed by atoms with Crippen molar-refractivity contribution in [2.24, 2.45) is 0 Å². The number of esters is 4. The van der Waals surface area contributed by atoms with E-state index in [1.165, 1.54) is 36.4 Å². The Hall–Kier alpha value is -5.91. The molecule has 0 saturated heterocycles. The van der Waals surface area contributed by atoms with E-state index in [1.807, 2.05) is 0 Å². The number of carbonyl (C=O) groups excluding carboxylic acids is 4. The molecule has 0 atom stereocenters. The van der Waals surface area contributed by atoms with Crippen LogP contribution in [0.15, 0.2) is 92.0 Å². The molecule has 0 saturated carbocycles. The predicted molar refractivity (Wildman–Crippen MR) is 168 cm³/mol. The Labute approximate surface area is 271 Å². The van der Waals surface area contributed by atoms with Gasteiger partial charge in [-0.15, -0.1) is 0 Å². The Morgan fingerprint density at radius 1 is 0.574 bits per heavy atom. The molecule has 0 aromatic heterocycles. The molecule has 0 heterocycles. The summed E-state index contributed by atoms with van der Waals surface area (Å²) in [6, 6.07) is 15.9.